The number of hydrogen-bond donors (Lipinski definition) is 1. The number of aromatic nitrogens is 3. The van der Waals surface area contributed by atoms with Gasteiger partial charge in [-0.3, -0.25) is 4.79 Å². The first kappa shape index (κ1) is 13.3. The number of rotatable bonds is 4. The summed E-state index contributed by atoms with van der Waals surface area (Å²) in [5.41, 5.74) is 4.79. The third-order valence-electron chi connectivity index (χ3n) is 3.36. The number of benzene rings is 1. The quantitative estimate of drug-likeness (QED) is 0.798. The van der Waals surface area contributed by atoms with Gasteiger partial charge in [0.15, 0.2) is 5.65 Å². The molecule has 106 valence electrons. The van der Waals surface area contributed by atoms with Crippen molar-refractivity contribution >= 4 is 11.6 Å². The van der Waals surface area contributed by atoms with Gasteiger partial charge in [-0.1, -0.05) is 24.3 Å². The summed E-state index contributed by atoms with van der Waals surface area (Å²) in [5.74, 6) is -0.776. The molecule has 5 heteroatoms. The third-order valence-corrected chi connectivity index (χ3v) is 3.36. The molecule has 0 saturated carbocycles. The largest absolute Gasteiger partial charge is 0.481 e. The van der Waals surface area contributed by atoms with Crippen LogP contribution in [0.1, 0.15) is 17.7 Å². The second-order valence-electron chi connectivity index (χ2n) is 4.97. The van der Waals surface area contributed by atoms with Crippen LogP contribution < -0.4 is 0 Å². The summed E-state index contributed by atoms with van der Waals surface area (Å²) in [6, 6.07) is 11.8. The van der Waals surface area contributed by atoms with Crippen molar-refractivity contribution in [1.29, 1.82) is 0 Å². The molecule has 3 aromatic rings. The molecule has 21 heavy (non-hydrogen) atoms. The van der Waals surface area contributed by atoms with Crippen LogP contribution in [0.25, 0.3) is 16.9 Å². The number of aliphatic carboxylic acids is 1. The van der Waals surface area contributed by atoms with E-state index in [2.05, 4.69) is 10.1 Å². The Bertz CT molecular complexity index is 791. The van der Waals surface area contributed by atoms with E-state index < -0.39 is 5.97 Å². The minimum Gasteiger partial charge on any atom is -0.481 e. The van der Waals surface area contributed by atoms with Gasteiger partial charge >= 0.3 is 5.97 Å². The Morgan fingerprint density at radius 2 is 2.00 bits per heavy atom. The van der Waals surface area contributed by atoms with Crippen molar-refractivity contribution in [1.82, 2.24) is 14.6 Å². The molecule has 2 aromatic heterocycles. The molecule has 0 radical (unpaired) electrons. The first-order chi connectivity index (χ1) is 10.1. The van der Waals surface area contributed by atoms with E-state index in [0.717, 1.165) is 28.2 Å². The van der Waals surface area contributed by atoms with E-state index in [1.807, 2.05) is 43.3 Å². The Balaban J connectivity index is 1.95. The number of carboxylic acids is 1. The monoisotopic (exact) mass is 281 g/mol. The van der Waals surface area contributed by atoms with Crippen LogP contribution in [0.5, 0.6) is 0 Å². The van der Waals surface area contributed by atoms with Gasteiger partial charge in [-0.25, -0.2) is 9.50 Å². The lowest BCUT2D eigenvalue weighted by molar-refractivity contribution is -0.136. The lowest BCUT2D eigenvalue weighted by atomic mass is 10.1. The van der Waals surface area contributed by atoms with Crippen LogP contribution in [0.2, 0.25) is 0 Å². The van der Waals surface area contributed by atoms with Crippen LogP contribution in [-0.4, -0.2) is 25.7 Å². The molecule has 0 bridgehead atoms. The van der Waals surface area contributed by atoms with Crippen LogP contribution in [0.15, 0.2) is 42.6 Å². The summed E-state index contributed by atoms with van der Waals surface area (Å²) in [4.78, 5) is 15.0. The van der Waals surface area contributed by atoms with Crippen LogP contribution in [0, 0.1) is 6.92 Å². The number of fused-ring (bicyclic) bond motifs is 1. The summed E-state index contributed by atoms with van der Waals surface area (Å²) in [6.07, 6.45) is 2.42. The summed E-state index contributed by atoms with van der Waals surface area (Å²) in [5, 5.41) is 13.0. The molecule has 0 aliphatic heterocycles. The zero-order chi connectivity index (χ0) is 14.8. The second kappa shape index (κ2) is 5.36. The highest BCUT2D eigenvalue weighted by Crippen LogP contribution is 2.21. The van der Waals surface area contributed by atoms with Crippen molar-refractivity contribution in [2.24, 2.45) is 0 Å². The second-order valence-corrected chi connectivity index (χ2v) is 4.97. The number of nitrogens with zero attached hydrogens (tertiary/aromatic N) is 3. The average molecular weight is 281 g/mol. The van der Waals surface area contributed by atoms with Crippen LogP contribution in [-0.2, 0) is 11.2 Å². The normalized spacial score (nSPS) is 10.9. The maximum absolute atomic E-state index is 10.6. The fraction of sp³-hybridized carbons (Fsp3) is 0.188. The highest BCUT2D eigenvalue weighted by molar-refractivity contribution is 5.67. The van der Waals surface area contributed by atoms with Crippen molar-refractivity contribution in [3.8, 4) is 11.3 Å². The molecule has 0 fully saturated rings. The molecule has 0 spiro atoms. The first-order valence-corrected chi connectivity index (χ1v) is 6.76. The first-order valence-electron chi connectivity index (χ1n) is 6.76. The Hall–Kier alpha value is -2.69. The van der Waals surface area contributed by atoms with E-state index >= 15 is 0 Å². The molecule has 2 heterocycles. The summed E-state index contributed by atoms with van der Waals surface area (Å²) in [7, 11) is 0. The number of carboxylic acid groups (broad SMARTS) is 1. The van der Waals surface area contributed by atoms with Gasteiger partial charge in [-0.15, -0.1) is 0 Å². The van der Waals surface area contributed by atoms with Gasteiger partial charge in [-0.05, 0) is 25.0 Å². The Labute approximate surface area is 121 Å². The van der Waals surface area contributed by atoms with Gasteiger partial charge < -0.3 is 5.11 Å². The van der Waals surface area contributed by atoms with Gasteiger partial charge in [0.2, 0.25) is 0 Å². The van der Waals surface area contributed by atoms with Crippen LogP contribution in [0.3, 0.4) is 0 Å². The number of aryl methyl sites for hydroxylation is 2. The fourth-order valence-corrected chi connectivity index (χ4v) is 2.34. The van der Waals surface area contributed by atoms with E-state index in [0.29, 0.717) is 6.42 Å². The predicted molar refractivity (Wildman–Crippen MR) is 79.1 cm³/mol. The average Bonchev–Trinajstić information content (AvgIpc) is 2.93. The fourth-order valence-electron chi connectivity index (χ4n) is 2.34. The maximum Gasteiger partial charge on any atom is 0.303 e. The zero-order valence-corrected chi connectivity index (χ0v) is 11.7. The van der Waals surface area contributed by atoms with E-state index in [1.165, 1.54) is 0 Å². The lowest BCUT2D eigenvalue weighted by Crippen LogP contribution is -1.99. The topological polar surface area (TPSA) is 67.5 Å². The number of hydrogen-bond acceptors (Lipinski definition) is 3. The zero-order valence-electron chi connectivity index (χ0n) is 11.7. The molecule has 0 aliphatic carbocycles. The summed E-state index contributed by atoms with van der Waals surface area (Å²) >= 11 is 0. The van der Waals surface area contributed by atoms with E-state index in [4.69, 9.17) is 5.11 Å². The molecule has 5 nitrogen and oxygen atoms in total. The van der Waals surface area contributed by atoms with E-state index in [1.54, 1.807) is 10.7 Å². The molecule has 0 amide bonds. The molecular formula is C16H15N3O2. The lowest BCUT2D eigenvalue weighted by Gasteiger charge is -2.07. The number of carbonyl (C=O) groups is 1. The molecule has 1 N–H and O–H groups in total. The summed E-state index contributed by atoms with van der Waals surface area (Å²) in [6.45, 7) is 1.96. The Morgan fingerprint density at radius 3 is 2.71 bits per heavy atom. The van der Waals surface area contributed by atoms with Gasteiger partial charge in [0, 0.05) is 23.7 Å². The molecule has 0 unspecified atom stereocenters. The van der Waals surface area contributed by atoms with Crippen LogP contribution in [0.4, 0.5) is 0 Å². The molecule has 0 saturated heterocycles. The maximum atomic E-state index is 10.6. The smallest absolute Gasteiger partial charge is 0.303 e. The summed E-state index contributed by atoms with van der Waals surface area (Å²) < 4.78 is 1.80. The van der Waals surface area contributed by atoms with Gasteiger partial charge in [-0.2, -0.15) is 5.10 Å². The van der Waals surface area contributed by atoms with E-state index in [9.17, 15) is 4.79 Å². The van der Waals surface area contributed by atoms with E-state index in [-0.39, 0.29) is 6.42 Å². The van der Waals surface area contributed by atoms with Crippen molar-refractivity contribution in [3.05, 3.63) is 53.9 Å². The minimum atomic E-state index is -0.776. The van der Waals surface area contributed by atoms with Crippen molar-refractivity contribution in [2.45, 2.75) is 19.8 Å². The molecule has 3 rings (SSSR count). The molecule has 0 aliphatic rings. The van der Waals surface area contributed by atoms with Gasteiger partial charge in [0.05, 0.1) is 11.9 Å². The molecular weight excluding hydrogens is 266 g/mol. The standard InChI is InChI=1S/C16H15N3O2/c1-11-10-14(19-15(18-11)8-9-17-19)13-5-2-12(3-6-13)4-7-16(20)21/h2-3,5-6,8-10H,4,7H2,1H3,(H,20,21). The SMILES string of the molecule is Cc1cc(-c2ccc(CCC(=O)O)cc2)n2nccc2n1. The van der Waals surface area contributed by atoms with Crippen molar-refractivity contribution < 1.29 is 9.90 Å². The predicted octanol–water partition coefficient (Wildman–Crippen LogP) is 2.72. The van der Waals surface area contributed by atoms with Gasteiger partial charge in [0.25, 0.3) is 0 Å². The van der Waals surface area contributed by atoms with Gasteiger partial charge in [0.1, 0.15) is 0 Å². The van der Waals surface area contributed by atoms with Crippen LogP contribution >= 0.6 is 0 Å². The van der Waals surface area contributed by atoms with Crippen molar-refractivity contribution in [3.63, 3.8) is 0 Å². The Morgan fingerprint density at radius 1 is 1.24 bits per heavy atom. The highest BCUT2D eigenvalue weighted by atomic mass is 16.4. The Kier molecular flexibility index (Phi) is 3.39. The molecule has 1 aromatic carbocycles. The van der Waals surface area contributed by atoms with Crippen molar-refractivity contribution in [2.75, 3.05) is 0 Å². The molecule has 0 atom stereocenters. The third kappa shape index (κ3) is 2.76. The highest BCUT2D eigenvalue weighted by Gasteiger charge is 2.07. The minimum absolute atomic E-state index is 0.150.